The molecular formula is C17H18F4N2O2. The molecule has 8 heteroatoms. The maximum atomic E-state index is 13.7. The molecule has 1 N–H and O–H groups in total. The number of carbonyl (C=O) groups is 2. The summed E-state index contributed by atoms with van der Waals surface area (Å²) in [5.41, 5.74) is 0.134. The van der Waals surface area contributed by atoms with E-state index in [1.165, 1.54) is 12.1 Å². The van der Waals surface area contributed by atoms with E-state index < -0.39 is 42.6 Å². The fourth-order valence-corrected chi connectivity index (χ4v) is 3.65. The summed E-state index contributed by atoms with van der Waals surface area (Å²) >= 11 is 0. The number of ketones is 1. The third-order valence-electron chi connectivity index (χ3n) is 4.90. The average molecular weight is 358 g/mol. The van der Waals surface area contributed by atoms with Gasteiger partial charge in [-0.1, -0.05) is 6.07 Å². The monoisotopic (exact) mass is 358 g/mol. The van der Waals surface area contributed by atoms with Crippen LogP contribution in [0.4, 0.5) is 23.2 Å². The van der Waals surface area contributed by atoms with Crippen molar-refractivity contribution in [3.63, 3.8) is 0 Å². The van der Waals surface area contributed by atoms with Crippen LogP contribution >= 0.6 is 0 Å². The smallest absolute Gasteiger partial charge is 0.317 e. The Balaban J connectivity index is 1.86. The van der Waals surface area contributed by atoms with Crippen molar-refractivity contribution in [3.8, 4) is 0 Å². The highest BCUT2D eigenvalue weighted by Gasteiger charge is 2.51. The number of carbonyl (C=O) groups excluding carboxylic acids is 2. The molecule has 0 radical (unpaired) electrons. The molecule has 1 saturated heterocycles. The fourth-order valence-electron chi connectivity index (χ4n) is 3.65. The summed E-state index contributed by atoms with van der Waals surface area (Å²) in [4.78, 5) is 26.1. The van der Waals surface area contributed by atoms with Crippen LogP contribution in [0.3, 0.4) is 0 Å². The maximum Gasteiger partial charge on any atom is 0.389 e. The van der Waals surface area contributed by atoms with Crippen molar-refractivity contribution < 1.29 is 27.2 Å². The van der Waals surface area contributed by atoms with Crippen LogP contribution in [0.25, 0.3) is 0 Å². The highest BCUT2D eigenvalue weighted by molar-refractivity contribution is 6.11. The van der Waals surface area contributed by atoms with Crippen LogP contribution in [0, 0.1) is 5.82 Å². The van der Waals surface area contributed by atoms with Gasteiger partial charge in [0.05, 0.1) is 24.1 Å². The van der Waals surface area contributed by atoms with E-state index in [4.69, 9.17) is 0 Å². The molecule has 136 valence electrons. The minimum atomic E-state index is -4.43. The second kappa shape index (κ2) is 6.40. The summed E-state index contributed by atoms with van der Waals surface area (Å²) < 4.78 is 50.6. The highest BCUT2D eigenvalue weighted by atomic mass is 19.4. The predicted molar refractivity (Wildman–Crippen MR) is 82.8 cm³/mol. The lowest BCUT2D eigenvalue weighted by molar-refractivity contribution is -0.142. The van der Waals surface area contributed by atoms with E-state index in [2.05, 4.69) is 5.32 Å². The largest absolute Gasteiger partial charge is 0.389 e. The van der Waals surface area contributed by atoms with Gasteiger partial charge in [-0.2, -0.15) is 13.2 Å². The maximum absolute atomic E-state index is 13.7. The lowest BCUT2D eigenvalue weighted by Gasteiger charge is -2.33. The standard InChI is InChI=1S/C17H18F4N2O2/c18-11-1-2-13-14(9-11)23(10-12(24)3-4-17(19,20)21)15(25)16(13)5-7-22-8-6-16/h1-2,9,22H,3-8,10H2. The van der Waals surface area contributed by atoms with Crippen LogP contribution < -0.4 is 10.2 Å². The first kappa shape index (κ1) is 17.8. The zero-order chi connectivity index (χ0) is 18.2. The van der Waals surface area contributed by atoms with Gasteiger partial charge in [-0.05, 0) is 43.6 Å². The lowest BCUT2D eigenvalue weighted by Crippen LogP contribution is -2.48. The highest BCUT2D eigenvalue weighted by Crippen LogP contribution is 2.47. The van der Waals surface area contributed by atoms with Crippen LogP contribution in [0.5, 0.6) is 0 Å². The van der Waals surface area contributed by atoms with Gasteiger partial charge < -0.3 is 10.2 Å². The Morgan fingerprint density at radius 3 is 2.56 bits per heavy atom. The molecule has 0 unspecified atom stereocenters. The summed E-state index contributed by atoms with van der Waals surface area (Å²) in [7, 11) is 0. The van der Waals surface area contributed by atoms with Gasteiger partial charge in [0.15, 0.2) is 5.78 Å². The fraction of sp³-hybridized carbons (Fsp3) is 0.529. The summed E-state index contributed by atoms with van der Waals surface area (Å²) in [6, 6.07) is 4.00. The average Bonchev–Trinajstić information content (AvgIpc) is 2.76. The second-order valence-electron chi connectivity index (χ2n) is 6.54. The number of Topliss-reactive ketones (excluding diaryl/α,β-unsaturated/α-hetero) is 1. The molecule has 1 fully saturated rings. The zero-order valence-electron chi connectivity index (χ0n) is 13.5. The number of rotatable bonds is 4. The van der Waals surface area contributed by atoms with Crippen LogP contribution in [-0.4, -0.2) is 37.5 Å². The third kappa shape index (κ3) is 3.40. The number of anilines is 1. The van der Waals surface area contributed by atoms with Crippen molar-refractivity contribution in [2.24, 2.45) is 0 Å². The first-order valence-corrected chi connectivity index (χ1v) is 8.14. The van der Waals surface area contributed by atoms with Crippen LogP contribution in [-0.2, 0) is 15.0 Å². The number of hydrogen-bond acceptors (Lipinski definition) is 3. The molecule has 0 atom stereocenters. The van der Waals surface area contributed by atoms with Crippen molar-refractivity contribution in [2.75, 3.05) is 24.5 Å². The number of fused-ring (bicyclic) bond motifs is 2. The SMILES string of the molecule is O=C(CCC(F)(F)F)CN1C(=O)C2(CCNCC2)c2ccc(F)cc21. The molecule has 1 amide bonds. The molecule has 2 heterocycles. The van der Waals surface area contributed by atoms with Crippen molar-refractivity contribution >= 4 is 17.4 Å². The van der Waals surface area contributed by atoms with Gasteiger partial charge in [0.25, 0.3) is 0 Å². The molecule has 0 bridgehead atoms. The molecule has 1 aromatic rings. The Morgan fingerprint density at radius 1 is 1.24 bits per heavy atom. The van der Waals surface area contributed by atoms with Crippen molar-refractivity contribution in [1.82, 2.24) is 5.32 Å². The van der Waals surface area contributed by atoms with Crippen molar-refractivity contribution in [2.45, 2.75) is 37.3 Å². The normalized spacial score (nSPS) is 19.4. The van der Waals surface area contributed by atoms with Gasteiger partial charge in [0.1, 0.15) is 5.82 Å². The molecular weight excluding hydrogens is 340 g/mol. The molecule has 2 aliphatic rings. The number of alkyl halides is 3. The van der Waals surface area contributed by atoms with Gasteiger partial charge in [0.2, 0.25) is 5.91 Å². The van der Waals surface area contributed by atoms with E-state index in [0.29, 0.717) is 37.2 Å². The molecule has 4 nitrogen and oxygen atoms in total. The molecule has 25 heavy (non-hydrogen) atoms. The summed E-state index contributed by atoms with van der Waals surface area (Å²) in [5.74, 6) is -1.56. The topological polar surface area (TPSA) is 49.4 Å². The number of amides is 1. The Morgan fingerprint density at radius 2 is 1.92 bits per heavy atom. The number of hydrogen-bond donors (Lipinski definition) is 1. The zero-order valence-corrected chi connectivity index (χ0v) is 13.5. The van der Waals surface area contributed by atoms with E-state index >= 15 is 0 Å². The Bertz CT molecular complexity index is 696. The van der Waals surface area contributed by atoms with Crippen LogP contribution in [0.2, 0.25) is 0 Å². The molecule has 0 aromatic heterocycles. The minimum Gasteiger partial charge on any atom is -0.317 e. The van der Waals surface area contributed by atoms with E-state index in [1.54, 1.807) is 6.07 Å². The number of nitrogens with one attached hydrogen (secondary N) is 1. The molecule has 3 rings (SSSR count). The van der Waals surface area contributed by atoms with Crippen LogP contribution in [0.15, 0.2) is 18.2 Å². The first-order chi connectivity index (χ1) is 11.7. The molecule has 1 aromatic carbocycles. The van der Waals surface area contributed by atoms with Gasteiger partial charge in [-0.25, -0.2) is 4.39 Å². The van der Waals surface area contributed by atoms with Crippen molar-refractivity contribution in [3.05, 3.63) is 29.6 Å². The molecule has 0 saturated carbocycles. The number of halogens is 4. The first-order valence-electron chi connectivity index (χ1n) is 8.14. The van der Waals surface area contributed by atoms with E-state index in [9.17, 15) is 27.2 Å². The van der Waals surface area contributed by atoms with Crippen molar-refractivity contribution in [1.29, 1.82) is 0 Å². The summed E-state index contributed by atoms with van der Waals surface area (Å²) in [6.07, 6.45) is -5.31. The third-order valence-corrected chi connectivity index (χ3v) is 4.90. The van der Waals surface area contributed by atoms with E-state index in [0.717, 1.165) is 4.90 Å². The van der Waals surface area contributed by atoms with Gasteiger partial charge in [-0.15, -0.1) is 0 Å². The number of nitrogens with zero attached hydrogens (tertiary/aromatic N) is 1. The second-order valence-corrected chi connectivity index (χ2v) is 6.54. The van der Waals surface area contributed by atoms with Crippen LogP contribution in [0.1, 0.15) is 31.2 Å². The van der Waals surface area contributed by atoms with E-state index in [-0.39, 0.29) is 5.91 Å². The van der Waals surface area contributed by atoms with Gasteiger partial charge in [-0.3, -0.25) is 9.59 Å². The number of benzene rings is 1. The Kier molecular flexibility index (Phi) is 4.57. The van der Waals surface area contributed by atoms with Gasteiger partial charge >= 0.3 is 6.18 Å². The summed E-state index contributed by atoms with van der Waals surface area (Å²) in [5, 5.41) is 3.15. The van der Waals surface area contributed by atoms with E-state index in [1.807, 2.05) is 0 Å². The summed E-state index contributed by atoms with van der Waals surface area (Å²) in [6.45, 7) is 0.761. The predicted octanol–water partition coefficient (Wildman–Crippen LogP) is 2.71. The molecule has 1 spiro atoms. The Labute approximate surface area is 142 Å². The number of piperidine rings is 1. The lowest BCUT2D eigenvalue weighted by atomic mass is 9.74. The minimum absolute atomic E-state index is 0.298. The molecule has 0 aliphatic carbocycles. The Hall–Kier alpha value is -1.96. The molecule has 2 aliphatic heterocycles. The van der Waals surface area contributed by atoms with Gasteiger partial charge in [0, 0.05) is 6.42 Å². The quantitative estimate of drug-likeness (QED) is 0.842.